The van der Waals surface area contributed by atoms with Crippen molar-refractivity contribution in [2.24, 2.45) is 5.92 Å². The lowest BCUT2D eigenvalue weighted by Gasteiger charge is -2.22. The van der Waals surface area contributed by atoms with Crippen molar-refractivity contribution in [1.29, 1.82) is 0 Å². The van der Waals surface area contributed by atoms with Gasteiger partial charge in [-0.05, 0) is 51.1 Å². The zero-order valence-corrected chi connectivity index (χ0v) is 14.1. The van der Waals surface area contributed by atoms with Gasteiger partial charge in [-0.15, -0.1) is 0 Å². The smallest absolute Gasteiger partial charge is 0.341 e. The predicted octanol–water partition coefficient (Wildman–Crippen LogP) is 2.05. The molecule has 0 aromatic heterocycles. The quantitative estimate of drug-likeness (QED) is 0.722. The number of piperidine rings is 1. The van der Waals surface area contributed by atoms with Crippen LogP contribution in [0.4, 0.5) is 20.2 Å². The van der Waals surface area contributed by atoms with Crippen molar-refractivity contribution in [2.45, 2.75) is 30.4 Å². The van der Waals surface area contributed by atoms with E-state index in [9.17, 15) is 22.0 Å². The Morgan fingerprint density at radius 3 is 2.54 bits per heavy atom. The fourth-order valence-corrected chi connectivity index (χ4v) is 3.32. The second-order valence-corrected chi connectivity index (χ2v) is 7.47. The molecule has 24 heavy (non-hydrogen) atoms. The van der Waals surface area contributed by atoms with Crippen LogP contribution in [0.3, 0.4) is 0 Å². The molecule has 1 aromatic carbocycles. The molecule has 1 heterocycles. The van der Waals surface area contributed by atoms with Crippen molar-refractivity contribution in [2.75, 3.05) is 30.3 Å². The minimum Gasteiger partial charge on any atom is -0.384 e. The van der Waals surface area contributed by atoms with Gasteiger partial charge in [0.25, 0.3) is 0 Å². The van der Waals surface area contributed by atoms with E-state index in [1.165, 1.54) is 6.07 Å². The number of sulfone groups is 1. The first-order valence-electron chi connectivity index (χ1n) is 7.77. The molecule has 134 valence electrons. The highest BCUT2D eigenvalue weighted by Gasteiger charge is 2.28. The van der Waals surface area contributed by atoms with Crippen molar-refractivity contribution in [1.82, 2.24) is 5.32 Å². The zero-order chi connectivity index (χ0) is 17.7. The molecule has 0 unspecified atom stereocenters. The van der Waals surface area contributed by atoms with E-state index in [-0.39, 0.29) is 17.5 Å². The molecule has 1 fully saturated rings. The fourth-order valence-electron chi connectivity index (χ4n) is 2.57. The highest BCUT2D eigenvalue weighted by molar-refractivity contribution is 7.91. The first kappa shape index (κ1) is 18.6. The van der Waals surface area contributed by atoms with Crippen molar-refractivity contribution in [3.63, 3.8) is 0 Å². The van der Waals surface area contributed by atoms with Gasteiger partial charge in [0, 0.05) is 12.5 Å². The summed E-state index contributed by atoms with van der Waals surface area (Å²) >= 11 is 0. The lowest BCUT2D eigenvalue weighted by molar-refractivity contribution is -0.120. The Morgan fingerprint density at radius 2 is 1.96 bits per heavy atom. The maximum absolute atomic E-state index is 12.7. The number of anilines is 2. The number of carbonyl (C=O) groups is 1. The number of halogens is 2. The molecule has 1 aliphatic rings. The topological polar surface area (TPSA) is 87.3 Å². The average molecular weight is 361 g/mol. The summed E-state index contributed by atoms with van der Waals surface area (Å²) in [5, 5.41) is 8.81. The minimum absolute atomic E-state index is 0.184. The maximum Gasteiger partial charge on any atom is 0.341 e. The SMILES string of the molecule is CCNc1ccc(S(=O)(=O)C(F)F)cc1NC(=O)C1CCNCC1. The third-order valence-electron chi connectivity index (χ3n) is 3.89. The van der Waals surface area contributed by atoms with Crippen molar-refractivity contribution < 1.29 is 22.0 Å². The summed E-state index contributed by atoms with van der Waals surface area (Å²) in [4.78, 5) is 11.8. The van der Waals surface area contributed by atoms with Gasteiger partial charge in [-0.25, -0.2) is 8.42 Å². The van der Waals surface area contributed by atoms with Crippen LogP contribution in [0.1, 0.15) is 19.8 Å². The number of amides is 1. The van der Waals surface area contributed by atoms with Gasteiger partial charge in [-0.2, -0.15) is 8.78 Å². The molecule has 1 aromatic rings. The third kappa shape index (κ3) is 4.21. The van der Waals surface area contributed by atoms with Crippen LogP contribution in [0.2, 0.25) is 0 Å². The minimum atomic E-state index is -4.71. The Bertz CT molecular complexity index is 689. The molecule has 9 heteroatoms. The van der Waals surface area contributed by atoms with Crippen LogP contribution in [-0.4, -0.2) is 39.7 Å². The molecule has 1 aliphatic heterocycles. The molecule has 2 rings (SSSR count). The van der Waals surface area contributed by atoms with Gasteiger partial charge in [-0.1, -0.05) is 0 Å². The highest BCUT2D eigenvalue weighted by atomic mass is 32.2. The highest BCUT2D eigenvalue weighted by Crippen LogP contribution is 2.29. The molecule has 0 radical (unpaired) electrons. The molecule has 3 N–H and O–H groups in total. The molecule has 1 amide bonds. The van der Waals surface area contributed by atoms with Crippen LogP contribution in [0.15, 0.2) is 23.1 Å². The summed E-state index contributed by atoms with van der Waals surface area (Å²) in [7, 11) is -4.71. The van der Waals surface area contributed by atoms with Crippen LogP contribution in [0.25, 0.3) is 0 Å². The molecule has 0 atom stereocenters. The van der Waals surface area contributed by atoms with Gasteiger partial charge >= 0.3 is 5.76 Å². The Balaban J connectivity index is 2.29. The summed E-state index contributed by atoms with van der Waals surface area (Å²) in [6.07, 6.45) is 1.36. The number of carbonyl (C=O) groups excluding carboxylic acids is 1. The van der Waals surface area contributed by atoms with E-state index >= 15 is 0 Å². The second-order valence-electron chi connectivity index (χ2n) is 5.56. The number of nitrogens with one attached hydrogen (secondary N) is 3. The van der Waals surface area contributed by atoms with Crippen LogP contribution < -0.4 is 16.0 Å². The molecule has 1 saturated heterocycles. The van der Waals surface area contributed by atoms with Crippen molar-refractivity contribution in [3.8, 4) is 0 Å². The van der Waals surface area contributed by atoms with Crippen molar-refractivity contribution in [3.05, 3.63) is 18.2 Å². The number of rotatable bonds is 6. The number of alkyl halides is 2. The van der Waals surface area contributed by atoms with Gasteiger partial charge in [0.2, 0.25) is 15.7 Å². The normalized spacial score (nSPS) is 16.2. The van der Waals surface area contributed by atoms with Crippen LogP contribution in [-0.2, 0) is 14.6 Å². The van der Waals surface area contributed by atoms with Gasteiger partial charge in [0.15, 0.2) is 0 Å². The van der Waals surface area contributed by atoms with E-state index in [0.717, 1.165) is 25.2 Å². The molecule has 0 spiro atoms. The second kappa shape index (κ2) is 7.89. The summed E-state index contributed by atoms with van der Waals surface area (Å²) < 4.78 is 48.8. The van der Waals surface area contributed by atoms with E-state index in [1.54, 1.807) is 0 Å². The van der Waals surface area contributed by atoms with Gasteiger partial charge in [0.05, 0.1) is 16.3 Å². The summed E-state index contributed by atoms with van der Waals surface area (Å²) in [6, 6.07) is 3.58. The van der Waals surface area contributed by atoms with Gasteiger partial charge < -0.3 is 16.0 Å². The molecule has 0 saturated carbocycles. The molecule has 0 aliphatic carbocycles. The Hall–Kier alpha value is -1.74. The predicted molar refractivity (Wildman–Crippen MR) is 88.0 cm³/mol. The van der Waals surface area contributed by atoms with Gasteiger partial charge in [0.1, 0.15) is 0 Å². The lowest BCUT2D eigenvalue weighted by atomic mass is 9.97. The van der Waals surface area contributed by atoms with E-state index in [4.69, 9.17) is 0 Å². The number of hydrogen-bond donors (Lipinski definition) is 3. The van der Waals surface area contributed by atoms with E-state index in [2.05, 4.69) is 16.0 Å². The summed E-state index contributed by atoms with van der Waals surface area (Å²) in [5.74, 6) is -3.92. The van der Waals surface area contributed by atoms with E-state index in [1.807, 2.05) is 6.92 Å². The number of hydrogen-bond acceptors (Lipinski definition) is 5. The Morgan fingerprint density at radius 1 is 1.29 bits per heavy atom. The molecule has 6 nitrogen and oxygen atoms in total. The van der Waals surface area contributed by atoms with Crippen LogP contribution in [0, 0.1) is 5.92 Å². The van der Waals surface area contributed by atoms with Gasteiger partial charge in [-0.3, -0.25) is 4.79 Å². The lowest BCUT2D eigenvalue weighted by Crippen LogP contribution is -2.34. The average Bonchev–Trinajstić information content (AvgIpc) is 2.57. The fraction of sp³-hybridized carbons (Fsp3) is 0.533. The number of benzene rings is 1. The molecular formula is C15H21F2N3O3S. The van der Waals surface area contributed by atoms with E-state index < -0.39 is 20.5 Å². The summed E-state index contributed by atoms with van der Waals surface area (Å²) in [6.45, 7) is 3.84. The molecular weight excluding hydrogens is 340 g/mol. The monoisotopic (exact) mass is 361 g/mol. The first-order chi connectivity index (χ1) is 11.4. The summed E-state index contributed by atoms with van der Waals surface area (Å²) in [5.41, 5.74) is 0.690. The largest absolute Gasteiger partial charge is 0.384 e. The standard InChI is InChI=1S/C15H21F2N3O3S/c1-2-19-12-4-3-11(24(22,23)15(16)17)9-13(12)20-14(21)10-5-7-18-8-6-10/h3-4,9-10,15,18-19H,2,5-8H2,1H3,(H,20,21). The zero-order valence-electron chi connectivity index (χ0n) is 13.3. The van der Waals surface area contributed by atoms with Crippen LogP contribution in [0.5, 0.6) is 0 Å². The Labute approximate surface area is 139 Å². The third-order valence-corrected chi connectivity index (χ3v) is 5.27. The van der Waals surface area contributed by atoms with E-state index in [0.29, 0.717) is 25.1 Å². The first-order valence-corrected chi connectivity index (χ1v) is 9.32. The molecule has 0 bridgehead atoms. The van der Waals surface area contributed by atoms with Crippen LogP contribution >= 0.6 is 0 Å². The Kier molecular flexibility index (Phi) is 6.11. The van der Waals surface area contributed by atoms with Crippen molar-refractivity contribution >= 4 is 27.1 Å². The maximum atomic E-state index is 12.7.